The topological polar surface area (TPSA) is 20.2 Å². The molecule has 1 saturated carbocycles. The molecule has 0 aromatic carbocycles. The van der Waals surface area contributed by atoms with Crippen molar-refractivity contribution in [2.75, 3.05) is 0 Å². The largest absolute Gasteiger partial charge is 0.393 e. The van der Waals surface area contributed by atoms with Gasteiger partial charge in [0.15, 0.2) is 0 Å². The first kappa shape index (κ1) is 10.0. The summed E-state index contributed by atoms with van der Waals surface area (Å²) in [6.07, 6.45) is 4.76. The van der Waals surface area contributed by atoms with Crippen molar-refractivity contribution in [1.29, 1.82) is 0 Å². The lowest BCUT2D eigenvalue weighted by atomic mass is 9.96. The van der Waals surface area contributed by atoms with Gasteiger partial charge >= 0.3 is 0 Å². The Balaban J connectivity index is 2.12. The van der Waals surface area contributed by atoms with E-state index in [2.05, 4.69) is 20.8 Å². The van der Waals surface area contributed by atoms with Crippen LogP contribution in [0.25, 0.3) is 0 Å². The Morgan fingerprint density at radius 1 is 1.50 bits per heavy atom. The van der Waals surface area contributed by atoms with Gasteiger partial charge in [-0.1, -0.05) is 33.6 Å². The van der Waals surface area contributed by atoms with Crippen molar-refractivity contribution in [3.63, 3.8) is 0 Å². The van der Waals surface area contributed by atoms with Gasteiger partial charge in [-0.3, -0.25) is 0 Å². The van der Waals surface area contributed by atoms with E-state index >= 15 is 0 Å². The summed E-state index contributed by atoms with van der Waals surface area (Å²) in [4.78, 5) is 0. The normalized spacial score (nSPS) is 33.0. The van der Waals surface area contributed by atoms with Crippen LogP contribution in [0, 0.1) is 17.8 Å². The maximum absolute atomic E-state index is 9.76. The Labute approximate surface area is 76.2 Å². The van der Waals surface area contributed by atoms with Gasteiger partial charge in [-0.05, 0) is 30.6 Å². The molecule has 72 valence electrons. The van der Waals surface area contributed by atoms with Crippen LogP contribution < -0.4 is 0 Å². The zero-order valence-corrected chi connectivity index (χ0v) is 8.59. The highest BCUT2D eigenvalue weighted by molar-refractivity contribution is 4.88. The molecule has 0 aliphatic heterocycles. The summed E-state index contributed by atoms with van der Waals surface area (Å²) < 4.78 is 0. The van der Waals surface area contributed by atoms with Crippen LogP contribution >= 0.6 is 0 Å². The minimum Gasteiger partial charge on any atom is -0.393 e. The molecule has 1 aliphatic carbocycles. The predicted molar refractivity (Wildman–Crippen MR) is 52.0 cm³/mol. The van der Waals surface area contributed by atoms with Crippen molar-refractivity contribution >= 4 is 0 Å². The van der Waals surface area contributed by atoms with E-state index in [-0.39, 0.29) is 6.10 Å². The molecule has 0 amide bonds. The molecule has 4 atom stereocenters. The SMILES string of the molecule is CCCC(C)CC(O)C1CC1C. The van der Waals surface area contributed by atoms with Crippen molar-refractivity contribution < 1.29 is 5.11 Å². The average Bonchev–Trinajstić information content (AvgIpc) is 2.67. The lowest BCUT2D eigenvalue weighted by molar-refractivity contribution is 0.117. The van der Waals surface area contributed by atoms with Gasteiger partial charge in [0.2, 0.25) is 0 Å². The molecule has 0 heterocycles. The molecule has 0 aromatic rings. The smallest absolute Gasteiger partial charge is 0.0573 e. The molecular weight excluding hydrogens is 148 g/mol. The van der Waals surface area contributed by atoms with Gasteiger partial charge in [0.05, 0.1) is 6.10 Å². The van der Waals surface area contributed by atoms with Crippen LogP contribution in [0.1, 0.15) is 46.5 Å². The van der Waals surface area contributed by atoms with Crippen LogP contribution in [0.15, 0.2) is 0 Å². The fourth-order valence-corrected chi connectivity index (χ4v) is 2.08. The molecule has 12 heavy (non-hydrogen) atoms. The first-order valence-electron chi connectivity index (χ1n) is 5.33. The molecule has 0 aromatic heterocycles. The van der Waals surface area contributed by atoms with Crippen LogP contribution in [0.4, 0.5) is 0 Å². The van der Waals surface area contributed by atoms with Crippen molar-refractivity contribution in [2.24, 2.45) is 17.8 Å². The maximum Gasteiger partial charge on any atom is 0.0573 e. The van der Waals surface area contributed by atoms with Crippen molar-refractivity contribution in [1.82, 2.24) is 0 Å². The molecule has 1 heteroatoms. The third-order valence-electron chi connectivity index (χ3n) is 3.09. The van der Waals surface area contributed by atoms with E-state index in [1.54, 1.807) is 0 Å². The maximum atomic E-state index is 9.76. The van der Waals surface area contributed by atoms with Crippen molar-refractivity contribution in [2.45, 2.75) is 52.6 Å². The van der Waals surface area contributed by atoms with Crippen molar-refractivity contribution in [3.8, 4) is 0 Å². The van der Waals surface area contributed by atoms with Gasteiger partial charge < -0.3 is 5.11 Å². The summed E-state index contributed by atoms with van der Waals surface area (Å²) in [6, 6.07) is 0. The summed E-state index contributed by atoms with van der Waals surface area (Å²) in [7, 11) is 0. The van der Waals surface area contributed by atoms with Crippen LogP contribution in [0.3, 0.4) is 0 Å². The zero-order chi connectivity index (χ0) is 9.14. The van der Waals surface area contributed by atoms with Crippen LogP contribution in [0.2, 0.25) is 0 Å². The third kappa shape index (κ3) is 2.78. The number of rotatable bonds is 5. The zero-order valence-electron chi connectivity index (χ0n) is 8.59. The highest BCUT2D eigenvalue weighted by Crippen LogP contribution is 2.42. The van der Waals surface area contributed by atoms with E-state index < -0.39 is 0 Å². The van der Waals surface area contributed by atoms with Crippen LogP contribution in [-0.2, 0) is 0 Å². The average molecular weight is 170 g/mol. The molecule has 0 saturated heterocycles. The van der Waals surface area contributed by atoms with Gasteiger partial charge in [-0.25, -0.2) is 0 Å². The van der Waals surface area contributed by atoms with E-state index in [1.807, 2.05) is 0 Å². The molecule has 1 N–H and O–H groups in total. The number of aliphatic hydroxyl groups excluding tert-OH is 1. The number of hydrogen-bond donors (Lipinski definition) is 1. The monoisotopic (exact) mass is 170 g/mol. The van der Waals surface area contributed by atoms with E-state index in [0.29, 0.717) is 11.8 Å². The van der Waals surface area contributed by atoms with Crippen LogP contribution in [-0.4, -0.2) is 11.2 Å². The second-order valence-corrected chi connectivity index (χ2v) is 4.57. The Bertz CT molecular complexity index is 133. The lowest BCUT2D eigenvalue weighted by Gasteiger charge is -2.15. The quantitative estimate of drug-likeness (QED) is 0.672. The highest BCUT2D eigenvalue weighted by Gasteiger charge is 2.38. The summed E-state index contributed by atoms with van der Waals surface area (Å²) in [6.45, 7) is 6.70. The lowest BCUT2D eigenvalue weighted by Crippen LogP contribution is -2.14. The van der Waals surface area contributed by atoms with Crippen molar-refractivity contribution in [3.05, 3.63) is 0 Å². The van der Waals surface area contributed by atoms with E-state index in [0.717, 1.165) is 12.3 Å². The second-order valence-electron chi connectivity index (χ2n) is 4.57. The standard InChI is InChI=1S/C11H22O/c1-4-5-8(2)6-11(12)10-7-9(10)3/h8-12H,4-7H2,1-3H3. The minimum absolute atomic E-state index is 0.0125. The molecule has 1 fully saturated rings. The van der Waals surface area contributed by atoms with E-state index in [4.69, 9.17) is 0 Å². The predicted octanol–water partition coefficient (Wildman–Crippen LogP) is 2.83. The van der Waals surface area contributed by atoms with Gasteiger partial charge in [-0.2, -0.15) is 0 Å². The fraction of sp³-hybridized carbons (Fsp3) is 1.00. The molecular formula is C11H22O. The summed E-state index contributed by atoms with van der Waals surface area (Å²) in [5.41, 5.74) is 0. The van der Waals surface area contributed by atoms with Crippen LogP contribution in [0.5, 0.6) is 0 Å². The molecule has 0 radical (unpaired) electrons. The fourth-order valence-electron chi connectivity index (χ4n) is 2.08. The van der Waals surface area contributed by atoms with E-state index in [1.165, 1.54) is 19.3 Å². The Kier molecular flexibility index (Phi) is 3.57. The summed E-state index contributed by atoms with van der Waals surface area (Å²) >= 11 is 0. The van der Waals surface area contributed by atoms with E-state index in [9.17, 15) is 5.11 Å². The molecule has 4 unspecified atom stereocenters. The number of hydrogen-bond acceptors (Lipinski definition) is 1. The first-order chi connectivity index (χ1) is 5.65. The minimum atomic E-state index is -0.0125. The van der Waals surface area contributed by atoms with Gasteiger partial charge in [0, 0.05) is 0 Å². The first-order valence-corrected chi connectivity index (χ1v) is 5.33. The van der Waals surface area contributed by atoms with Gasteiger partial charge in [0.25, 0.3) is 0 Å². The Hall–Kier alpha value is -0.0400. The highest BCUT2D eigenvalue weighted by atomic mass is 16.3. The van der Waals surface area contributed by atoms with Gasteiger partial charge in [0.1, 0.15) is 0 Å². The second kappa shape index (κ2) is 4.27. The molecule has 1 rings (SSSR count). The summed E-state index contributed by atoms with van der Waals surface area (Å²) in [5.74, 6) is 2.12. The Morgan fingerprint density at radius 2 is 2.08 bits per heavy atom. The molecule has 0 bridgehead atoms. The molecule has 1 aliphatic rings. The van der Waals surface area contributed by atoms with Gasteiger partial charge in [-0.15, -0.1) is 0 Å². The molecule has 1 nitrogen and oxygen atoms in total. The Morgan fingerprint density at radius 3 is 2.50 bits per heavy atom. The summed E-state index contributed by atoms with van der Waals surface area (Å²) in [5, 5.41) is 9.76. The molecule has 0 spiro atoms. The number of aliphatic hydroxyl groups is 1. The third-order valence-corrected chi connectivity index (χ3v) is 3.09.